The molecule has 6 aromatic rings. The van der Waals surface area contributed by atoms with Gasteiger partial charge in [0.1, 0.15) is 0 Å². The van der Waals surface area contributed by atoms with E-state index >= 15 is 0 Å². The van der Waals surface area contributed by atoms with Gasteiger partial charge in [0, 0.05) is 28.3 Å². The van der Waals surface area contributed by atoms with Crippen LogP contribution >= 0.6 is 0 Å². The summed E-state index contributed by atoms with van der Waals surface area (Å²) in [6, 6.07) is 45.9. The lowest BCUT2D eigenvalue weighted by atomic mass is 9.74. The fraction of sp³-hybridized carbons (Fsp3) is 0.137. The lowest BCUT2D eigenvalue weighted by Gasteiger charge is -2.30. The smallest absolute Gasteiger partial charge is 0.0702 e. The van der Waals surface area contributed by atoms with E-state index < -0.39 is 0 Å². The first-order valence-electron chi connectivity index (χ1n) is 18.7. The van der Waals surface area contributed by atoms with Crippen LogP contribution in [-0.2, 0) is 11.8 Å². The summed E-state index contributed by atoms with van der Waals surface area (Å²) in [5.41, 5.74) is 15.2. The van der Waals surface area contributed by atoms with Crippen LogP contribution in [0.5, 0.6) is 0 Å². The molecule has 0 aliphatic heterocycles. The minimum atomic E-state index is -0.0742. The number of nitrogens with zero attached hydrogens (tertiary/aromatic N) is 2. The Balaban J connectivity index is 1.22. The van der Waals surface area contributed by atoms with E-state index in [0.717, 1.165) is 59.1 Å². The van der Waals surface area contributed by atoms with Crippen molar-refractivity contribution in [1.82, 2.24) is 4.98 Å². The van der Waals surface area contributed by atoms with E-state index in [1.165, 1.54) is 44.5 Å². The molecule has 2 aliphatic rings. The highest BCUT2D eigenvalue weighted by molar-refractivity contribution is 6.03. The number of allylic oxidation sites excluding steroid dienone is 9. The third-order valence-electron chi connectivity index (χ3n) is 10.6. The van der Waals surface area contributed by atoms with Gasteiger partial charge in [-0.25, -0.2) is 0 Å². The summed E-state index contributed by atoms with van der Waals surface area (Å²) in [5.74, 6) is 0. The van der Waals surface area contributed by atoms with Crippen molar-refractivity contribution in [3.63, 3.8) is 0 Å². The molecular weight excluding hydrogens is 641 g/mol. The Bertz CT molecular complexity index is 2440. The first-order chi connectivity index (χ1) is 26.0. The fourth-order valence-electron chi connectivity index (χ4n) is 7.53. The van der Waals surface area contributed by atoms with Crippen LogP contribution in [-0.4, -0.2) is 10.7 Å². The maximum atomic E-state index is 5.30. The second-order valence-corrected chi connectivity index (χ2v) is 14.3. The molecule has 0 bridgehead atoms. The van der Waals surface area contributed by atoms with E-state index in [-0.39, 0.29) is 5.41 Å². The van der Waals surface area contributed by atoms with Gasteiger partial charge < -0.3 is 0 Å². The van der Waals surface area contributed by atoms with Gasteiger partial charge in [0.05, 0.1) is 11.2 Å². The fourth-order valence-corrected chi connectivity index (χ4v) is 7.53. The molecule has 0 spiro atoms. The number of aromatic nitrogens is 1. The van der Waals surface area contributed by atoms with Crippen LogP contribution in [0, 0.1) is 0 Å². The monoisotopic (exact) mass is 684 g/mol. The van der Waals surface area contributed by atoms with Crippen molar-refractivity contribution in [1.29, 1.82) is 0 Å². The van der Waals surface area contributed by atoms with Gasteiger partial charge in [-0.1, -0.05) is 153 Å². The molecule has 5 aromatic carbocycles. The molecule has 0 fully saturated rings. The predicted molar refractivity (Wildman–Crippen MR) is 226 cm³/mol. The number of hydrogen-bond donors (Lipinski definition) is 0. The van der Waals surface area contributed by atoms with E-state index in [1.54, 1.807) is 0 Å². The van der Waals surface area contributed by atoms with Crippen molar-refractivity contribution in [3.05, 3.63) is 210 Å². The minimum absolute atomic E-state index is 0.0742. The summed E-state index contributed by atoms with van der Waals surface area (Å²) in [7, 11) is 0. The molecule has 0 radical (unpaired) electrons. The normalized spacial score (nSPS) is 17.3. The molecule has 2 heteroatoms. The SMILES string of the molecule is C/C(=N\C(=C/Cc1ccccc1)c1ccc2ncccc2c1)c1ccc(-c2c(C3=CCCC=C3)cc(C3(C)C=CC=CC3)cc2-c2ccccc2)cc1. The molecule has 2 aliphatic carbocycles. The second kappa shape index (κ2) is 15.2. The van der Waals surface area contributed by atoms with Crippen molar-refractivity contribution in [2.24, 2.45) is 4.99 Å². The summed E-state index contributed by atoms with van der Waals surface area (Å²) < 4.78 is 0. The number of pyridine rings is 1. The van der Waals surface area contributed by atoms with Gasteiger partial charge in [0.25, 0.3) is 0 Å². The molecule has 0 saturated heterocycles. The Labute approximate surface area is 314 Å². The third-order valence-corrected chi connectivity index (χ3v) is 10.6. The molecule has 0 amide bonds. The molecular formula is C51H44N2. The molecule has 8 rings (SSSR count). The number of aliphatic imine (C=N–C) groups is 1. The Hall–Kier alpha value is -6.12. The van der Waals surface area contributed by atoms with Gasteiger partial charge in [-0.05, 0) is 113 Å². The predicted octanol–water partition coefficient (Wildman–Crippen LogP) is 13.2. The summed E-state index contributed by atoms with van der Waals surface area (Å²) >= 11 is 0. The van der Waals surface area contributed by atoms with E-state index in [4.69, 9.17) is 4.99 Å². The van der Waals surface area contributed by atoms with E-state index in [0.29, 0.717) is 0 Å². The Kier molecular flexibility index (Phi) is 9.77. The zero-order valence-electron chi connectivity index (χ0n) is 30.5. The first-order valence-corrected chi connectivity index (χ1v) is 18.7. The average Bonchev–Trinajstić information content (AvgIpc) is 3.23. The zero-order valence-corrected chi connectivity index (χ0v) is 30.5. The number of fused-ring (bicyclic) bond motifs is 1. The number of hydrogen-bond acceptors (Lipinski definition) is 2. The van der Waals surface area contributed by atoms with Gasteiger partial charge in [-0.15, -0.1) is 0 Å². The molecule has 53 heavy (non-hydrogen) atoms. The van der Waals surface area contributed by atoms with Gasteiger partial charge in [0.15, 0.2) is 0 Å². The topological polar surface area (TPSA) is 25.2 Å². The molecule has 0 N–H and O–H groups in total. The molecule has 258 valence electrons. The molecule has 1 aromatic heterocycles. The van der Waals surface area contributed by atoms with Gasteiger partial charge in [-0.2, -0.15) is 0 Å². The summed E-state index contributed by atoms with van der Waals surface area (Å²) in [6.45, 7) is 4.48. The summed E-state index contributed by atoms with van der Waals surface area (Å²) in [6.07, 6.45) is 24.1. The number of benzene rings is 5. The van der Waals surface area contributed by atoms with Crippen molar-refractivity contribution < 1.29 is 0 Å². The van der Waals surface area contributed by atoms with Crippen LogP contribution in [0.3, 0.4) is 0 Å². The molecule has 1 heterocycles. The first kappa shape index (κ1) is 34.0. The van der Waals surface area contributed by atoms with Crippen LogP contribution < -0.4 is 0 Å². The van der Waals surface area contributed by atoms with E-state index in [9.17, 15) is 0 Å². The Morgan fingerprint density at radius 1 is 0.736 bits per heavy atom. The quantitative estimate of drug-likeness (QED) is 0.139. The zero-order chi connectivity index (χ0) is 36.0. The van der Waals surface area contributed by atoms with Crippen LogP contribution in [0.25, 0.3) is 44.4 Å². The van der Waals surface area contributed by atoms with Crippen LogP contribution in [0.2, 0.25) is 0 Å². The summed E-state index contributed by atoms with van der Waals surface area (Å²) in [5, 5.41) is 1.11. The lowest BCUT2D eigenvalue weighted by Crippen LogP contribution is -2.20. The minimum Gasteiger partial charge on any atom is -0.256 e. The van der Waals surface area contributed by atoms with E-state index in [2.05, 4.69) is 189 Å². The molecule has 2 nitrogen and oxygen atoms in total. The van der Waals surface area contributed by atoms with Crippen molar-refractivity contribution in [3.8, 4) is 22.3 Å². The highest BCUT2D eigenvalue weighted by Crippen LogP contribution is 2.44. The van der Waals surface area contributed by atoms with Gasteiger partial charge in [-0.3, -0.25) is 9.98 Å². The van der Waals surface area contributed by atoms with Crippen molar-refractivity contribution in [2.45, 2.75) is 44.9 Å². The Morgan fingerprint density at radius 2 is 1.51 bits per heavy atom. The second-order valence-electron chi connectivity index (χ2n) is 14.3. The third kappa shape index (κ3) is 7.45. The van der Waals surface area contributed by atoms with Crippen LogP contribution in [0.15, 0.2) is 187 Å². The largest absolute Gasteiger partial charge is 0.256 e. The van der Waals surface area contributed by atoms with E-state index in [1.807, 2.05) is 12.3 Å². The van der Waals surface area contributed by atoms with Crippen LogP contribution in [0.4, 0.5) is 0 Å². The standard InChI is InChI=1S/C51H44N2/c1-37(53-49(29-23-38-16-7-3-8-17-38)44-28-30-48-43(34-44)22-15-33-52-48)39-24-26-42(27-25-39)50-46(40-18-9-4-10-19-40)35-45(51(2)31-13-6-14-32-51)36-47(50)41-20-11-5-12-21-41/h3-4,6-11,13-22,24-31,33-36H,5,12,23,32H2,1-2H3/b49-29-,53-37+. The average molecular weight is 685 g/mol. The van der Waals surface area contributed by atoms with Gasteiger partial charge in [0.2, 0.25) is 0 Å². The maximum Gasteiger partial charge on any atom is 0.0702 e. The summed E-state index contributed by atoms with van der Waals surface area (Å²) in [4.78, 5) is 9.84. The molecule has 1 unspecified atom stereocenters. The highest BCUT2D eigenvalue weighted by Gasteiger charge is 2.27. The molecule has 0 saturated carbocycles. The maximum absolute atomic E-state index is 5.30. The number of rotatable bonds is 9. The molecule has 1 atom stereocenters. The van der Waals surface area contributed by atoms with Crippen molar-refractivity contribution in [2.75, 3.05) is 0 Å². The van der Waals surface area contributed by atoms with Crippen molar-refractivity contribution >= 4 is 27.9 Å². The van der Waals surface area contributed by atoms with Crippen LogP contribution in [0.1, 0.15) is 60.9 Å². The lowest BCUT2D eigenvalue weighted by molar-refractivity contribution is 0.600. The Morgan fingerprint density at radius 3 is 2.26 bits per heavy atom. The van der Waals surface area contributed by atoms with Gasteiger partial charge >= 0.3 is 0 Å². The highest BCUT2D eigenvalue weighted by atomic mass is 14.8.